The quantitative estimate of drug-likeness (QED) is 0.394. The molecule has 2 aromatic carbocycles. The van der Waals surface area contributed by atoms with Crippen LogP contribution in [0.25, 0.3) is 10.9 Å². The smallest absolute Gasteiger partial charge is 0.196 e. The van der Waals surface area contributed by atoms with Gasteiger partial charge in [0.05, 0.1) is 0 Å². The monoisotopic (exact) mass is 433 g/mol. The first-order chi connectivity index (χ1) is 14.8. The highest BCUT2D eigenvalue weighted by molar-refractivity contribution is 7.99. The number of aromatic amines is 1. The fraction of sp³-hybridized carbons (Fsp3) is 0.174. The molecule has 1 N–H and O–H groups in total. The van der Waals surface area contributed by atoms with Crippen molar-refractivity contribution in [2.24, 2.45) is 4.99 Å². The molecule has 0 fully saturated rings. The summed E-state index contributed by atoms with van der Waals surface area (Å²) >= 11 is 7.76. The van der Waals surface area contributed by atoms with Gasteiger partial charge in [0.1, 0.15) is 5.82 Å². The molecule has 4 aromatic rings. The third-order valence-electron chi connectivity index (χ3n) is 5.13. The van der Waals surface area contributed by atoms with Crippen LogP contribution in [-0.4, -0.2) is 26.0 Å². The number of H-pyrrole nitrogens is 1. The van der Waals surface area contributed by atoms with Gasteiger partial charge in [-0.2, -0.15) is 0 Å². The summed E-state index contributed by atoms with van der Waals surface area (Å²) in [6, 6.07) is 16.2. The van der Waals surface area contributed by atoms with E-state index in [9.17, 15) is 0 Å². The SMILES string of the molecule is Clc1cccc(Sc2nnc(Cc3c[nH]c4ccccc34)n2CCC2=CCC=N2)c1. The lowest BCUT2D eigenvalue weighted by Crippen LogP contribution is -2.06. The third-order valence-corrected chi connectivity index (χ3v) is 6.34. The van der Waals surface area contributed by atoms with Gasteiger partial charge in [0.2, 0.25) is 0 Å². The lowest BCUT2D eigenvalue weighted by Gasteiger charge is -2.10. The van der Waals surface area contributed by atoms with Gasteiger partial charge in [-0.1, -0.05) is 41.9 Å². The highest BCUT2D eigenvalue weighted by Gasteiger charge is 2.16. The minimum absolute atomic E-state index is 0.718. The fourth-order valence-corrected chi connectivity index (χ4v) is 4.83. The van der Waals surface area contributed by atoms with Crippen molar-refractivity contribution in [2.45, 2.75) is 35.9 Å². The molecule has 0 saturated carbocycles. The molecule has 150 valence electrons. The summed E-state index contributed by atoms with van der Waals surface area (Å²) in [5.41, 5.74) is 3.48. The fourth-order valence-electron chi connectivity index (χ4n) is 3.64. The lowest BCUT2D eigenvalue weighted by atomic mass is 10.1. The normalized spacial score (nSPS) is 13.3. The Hall–Kier alpha value is -2.83. The summed E-state index contributed by atoms with van der Waals surface area (Å²) in [7, 11) is 0. The van der Waals surface area contributed by atoms with E-state index >= 15 is 0 Å². The van der Waals surface area contributed by atoms with Crippen LogP contribution < -0.4 is 0 Å². The van der Waals surface area contributed by atoms with Crippen molar-refractivity contribution >= 4 is 40.5 Å². The number of aliphatic imine (C=N–C) groups is 1. The summed E-state index contributed by atoms with van der Waals surface area (Å²) < 4.78 is 2.21. The third kappa shape index (κ3) is 4.06. The highest BCUT2D eigenvalue weighted by atomic mass is 35.5. The van der Waals surface area contributed by atoms with Gasteiger partial charge in [0.25, 0.3) is 0 Å². The maximum atomic E-state index is 6.17. The van der Waals surface area contributed by atoms with Crippen molar-refractivity contribution < 1.29 is 0 Å². The number of aromatic nitrogens is 4. The number of hydrogen-bond acceptors (Lipinski definition) is 4. The predicted molar refractivity (Wildman–Crippen MR) is 123 cm³/mol. The molecular formula is C23H20ClN5S. The van der Waals surface area contributed by atoms with E-state index in [1.165, 1.54) is 10.9 Å². The van der Waals surface area contributed by atoms with E-state index in [0.29, 0.717) is 0 Å². The zero-order valence-electron chi connectivity index (χ0n) is 16.3. The first kappa shape index (κ1) is 19.2. The number of hydrogen-bond donors (Lipinski definition) is 1. The molecule has 0 bridgehead atoms. The van der Waals surface area contributed by atoms with Crippen molar-refractivity contribution in [1.82, 2.24) is 19.7 Å². The molecule has 0 spiro atoms. The van der Waals surface area contributed by atoms with Crippen molar-refractivity contribution in [3.05, 3.63) is 82.9 Å². The largest absolute Gasteiger partial charge is 0.361 e. The molecular weight excluding hydrogens is 414 g/mol. The standard InChI is InChI=1S/C23H20ClN5S/c24-17-5-3-7-19(14-17)30-23-28-27-22(29(23)12-10-18-6-4-11-25-18)13-16-15-26-21-9-2-1-8-20(16)21/h1-3,5-9,11,14-15,26H,4,10,12-13H2. The average molecular weight is 434 g/mol. The molecule has 30 heavy (non-hydrogen) atoms. The minimum atomic E-state index is 0.718. The summed E-state index contributed by atoms with van der Waals surface area (Å²) in [5.74, 6) is 0.951. The Morgan fingerprint density at radius 3 is 2.90 bits per heavy atom. The van der Waals surface area contributed by atoms with E-state index in [1.807, 2.05) is 36.5 Å². The molecule has 0 unspecified atom stereocenters. The van der Waals surface area contributed by atoms with Gasteiger partial charge < -0.3 is 9.55 Å². The molecule has 7 heteroatoms. The Labute approximate surface area is 183 Å². The van der Waals surface area contributed by atoms with E-state index in [2.05, 4.69) is 55.2 Å². The summed E-state index contributed by atoms with van der Waals surface area (Å²) in [4.78, 5) is 8.86. The topological polar surface area (TPSA) is 58.9 Å². The van der Waals surface area contributed by atoms with Crippen LogP contribution in [0.4, 0.5) is 0 Å². The van der Waals surface area contributed by atoms with Gasteiger partial charge in [-0.05, 0) is 41.6 Å². The van der Waals surface area contributed by atoms with Crippen molar-refractivity contribution in [3.63, 3.8) is 0 Å². The molecule has 5 nitrogen and oxygen atoms in total. The van der Waals surface area contributed by atoms with Crippen molar-refractivity contribution in [1.29, 1.82) is 0 Å². The summed E-state index contributed by atoms with van der Waals surface area (Å²) in [5, 5.41) is 11.9. The van der Waals surface area contributed by atoms with Crippen molar-refractivity contribution in [3.8, 4) is 0 Å². The molecule has 0 aliphatic carbocycles. The lowest BCUT2D eigenvalue weighted by molar-refractivity contribution is 0.606. The Morgan fingerprint density at radius 2 is 2.03 bits per heavy atom. The average Bonchev–Trinajstić information content (AvgIpc) is 3.49. The highest BCUT2D eigenvalue weighted by Crippen LogP contribution is 2.30. The van der Waals surface area contributed by atoms with E-state index < -0.39 is 0 Å². The number of allylic oxidation sites excluding steroid dienone is 2. The van der Waals surface area contributed by atoms with Crippen LogP contribution in [0.5, 0.6) is 0 Å². The number of rotatable bonds is 7. The molecule has 5 rings (SSSR count). The second-order valence-electron chi connectivity index (χ2n) is 7.14. The zero-order chi connectivity index (χ0) is 20.3. The first-order valence-electron chi connectivity index (χ1n) is 9.88. The van der Waals surface area contributed by atoms with Gasteiger partial charge in [-0.3, -0.25) is 4.99 Å². The minimum Gasteiger partial charge on any atom is -0.361 e. The molecule has 1 aliphatic heterocycles. The number of halogens is 1. The molecule has 0 atom stereocenters. The second kappa shape index (κ2) is 8.50. The summed E-state index contributed by atoms with van der Waals surface area (Å²) in [6.45, 7) is 0.788. The van der Waals surface area contributed by atoms with Gasteiger partial charge in [0.15, 0.2) is 5.16 Å². The van der Waals surface area contributed by atoms with E-state index in [0.717, 1.165) is 57.9 Å². The maximum Gasteiger partial charge on any atom is 0.196 e. The van der Waals surface area contributed by atoms with Gasteiger partial charge in [-0.25, -0.2) is 0 Å². The Balaban J connectivity index is 1.46. The number of para-hydroxylation sites is 1. The molecule has 0 saturated heterocycles. The number of benzene rings is 2. The van der Waals surface area contributed by atoms with E-state index in [-0.39, 0.29) is 0 Å². The van der Waals surface area contributed by atoms with Crippen LogP contribution in [0.15, 0.2) is 81.5 Å². The molecule has 1 aliphatic rings. The Bertz CT molecular complexity index is 1250. The van der Waals surface area contributed by atoms with Crippen LogP contribution in [0.2, 0.25) is 5.02 Å². The Morgan fingerprint density at radius 1 is 1.10 bits per heavy atom. The number of nitrogens with one attached hydrogen (secondary N) is 1. The molecule has 0 amide bonds. The molecule has 3 heterocycles. The van der Waals surface area contributed by atoms with E-state index in [4.69, 9.17) is 11.6 Å². The van der Waals surface area contributed by atoms with Crippen LogP contribution in [0.3, 0.4) is 0 Å². The molecule has 0 radical (unpaired) electrons. The van der Waals surface area contributed by atoms with Crippen LogP contribution in [0, 0.1) is 0 Å². The zero-order valence-corrected chi connectivity index (χ0v) is 17.8. The first-order valence-corrected chi connectivity index (χ1v) is 11.1. The maximum absolute atomic E-state index is 6.17. The van der Waals surface area contributed by atoms with Gasteiger partial charge in [-0.15, -0.1) is 10.2 Å². The summed E-state index contributed by atoms with van der Waals surface area (Å²) in [6.07, 6.45) is 8.69. The van der Waals surface area contributed by atoms with Crippen LogP contribution >= 0.6 is 23.4 Å². The van der Waals surface area contributed by atoms with Gasteiger partial charge in [0, 0.05) is 64.7 Å². The van der Waals surface area contributed by atoms with Crippen molar-refractivity contribution in [2.75, 3.05) is 0 Å². The Kier molecular flexibility index (Phi) is 5.43. The second-order valence-corrected chi connectivity index (χ2v) is 8.62. The van der Waals surface area contributed by atoms with Crippen LogP contribution in [-0.2, 0) is 13.0 Å². The predicted octanol–water partition coefficient (Wildman–Crippen LogP) is 5.90. The van der Waals surface area contributed by atoms with Crippen LogP contribution in [0.1, 0.15) is 24.2 Å². The molecule has 2 aromatic heterocycles. The number of nitrogens with zero attached hydrogens (tertiary/aromatic N) is 4. The van der Waals surface area contributed by atoms with Gasteiger partial charge >= 0.3 is 0 Å². The number of fused-ring (bicyclic) bond motifs is 1. The van der Waals surface area contributed by atoms with E-state index in [1.54, 1.807) is 11.8 Å².